The lowest BCUT2D eigenvalue weighted by Gasteiger charge is -1.92. The lowest BCUT2D eigenvalue weighted by atomic mass is 10.1. The number of nitrogens with one attached hydrogen (secondary N) is 1. The zero-order chi connectivity index (χ0) is 9.54. The number of aromatic nitrogens is 1. The van der Waals surface area contributed by atoms with Crippen molar-refractivity contribution < 1.29 is 0 Å². The molecule has 0 unspecified atom stereocenters. The van der Waals surface area contributed by atoms with Crippen molar-refractivity contribution in [3.63, 3.8) is 0 Å². The maximum Gasteiger partial charge on any atom is 0.0504 e. The Kier molecular flexibility index (Phi) is 1.42. The van der Waals surface area contributed by atoms with E-state index in [1.54, 1.807) is 6.07 Å². The first-order valence-electron chi connectivity index (χ1n) is 4.57. The molecule has 0 fully saturated rings. The quantitative estimate of drug-likeness (QED) is 0.544. The summed E-state index contributed by atoms with van der Waals surface area (Å²) < 4.78 is 0. The molecule has 3 rings (SSSR count). The molecule has 1 N–H and O–H groups in total. The number of hydrogen-bond acceptors (Lipinski definition) is 0. The summed E-state index contributed by atoms with van der Waals surface area (Å²) in [4.78, 5) is 3.26. The summed E-state index contributed by atoms with van der Waals surface area (Å²) in [5.74, 6) is 0. The summed E-state index contributed by atoms with van der Waals surface area (Å²) in [5, 5.41) is 2.32. The van der Waals surface area contributed by atoms with Crippen molar-refractivity contribution in [2.24, 2.45) is 0 Å². The second kappa shape index (κ2) is 2.61. The van der Waals surface area contributed by atoms with Gasteiger partial charge in [0.05, 0.1) is 5.52 Å². The molecule has 0 aliphatic rings. The van der Waals surface area contributed by atoms with Gasteiger partial charge in [-0.3, -0.25) is 0 Å². The number of rotatable bonds is 0. The normalized spacial score (nSPS) is 11.2. The Labute approximate surface area is 82.4 Å². The SMILES string of the molecule is [C]c1cccc2c1[nH]c1ccccc12. The van der Waals surface area contributed by atoms with Crippen LogP contribution in [0.15, 0.2) is 42.5 Å². The summed E-state index contributed by atoms with van der Waals surface area (Å²) in [5.41, 5.74) is 2.58. The maximum atomic E-state index is 7.76. The van der Waals surface area contributed by atoms with Crippen LogP contribution in [0, 0.1) is 6.92 Å². The van der Waals surface area contributed by atoms with Crippen LogP contribution in [0.3, 0.4) is 0 Å². The van der Waals surface area contributed by atoms with Gasteiger partial charge >= 0.3 is 0 Å². The molecule has 0 atom stereocenters. The number of aromatic amines is 1. The van der Waals surface area contributed by atoms with Crippen molar-refractivity contribution in [1.29, 1.82) is 0 Å². The Morgan fingerprint density at radius 2 is 1.64 bits per heavy atom. The third kappa shape index (κ3) is 0.896. The topological polar surface area (TPSA) is 15.8 Å². The summed E-state index contributed by atoms with van der Waals surface area (Å²) in [6, 6.07) is 13.9. The fraction of sp³-hybridized carbons (Fsp3) is 0. The highest BCUT2D eigenvalue weighted by molar-refractivity contribution is 6.08. The minimum Gasteiger partial charge on any atom is -0.354 e. The van der Waals surface area contributed by atoms with Gasteiger partial charge in [-0.05, 0) is 11.6 Å². The van der Waals surface area contributed by atoms with E-state index in [0.717, 1.165) is 16.4 Å². The molecule has 0 amide bonds. The van der Waals surface area contributed by atoms with E-state index in [1.165, 1.54) is 5.39 Å². The van der Waals surface area contributed by atoms with Crippen LogP contribution in [0.5, 0.6) is 0 Å². The van der Waals surface area contributed by atoms with Crippen LogP contribution in [-0.2, 0) is 0 Å². The molecule has 1 aromatic heterocycles. The van der Waals surface area contributed by atoms with Gasteiger partial charge in [0.15, 0.2) is 0 Å². The first-order chi connectivity index (χ1) is 6.86. The third-order valence-electron chi connectivity index (χ3n) is 2.54. The predicted octanol–water partition coefficient (Wildman–Crippen LogP) is 3.26. The van der Waals surface area contributed by atoms with Crippen molar-refractivity contribution in [3.05, 3.63) is 55.0 Å². The number of H-pyrrole nitrogens is 1. The Balaban J connectivity index is 2.63. The molecule has 0 aliphatic heterocycles. The van der Waals surface area contributed by atoms with Crippen LogP contribution >= 0.6 is 0 Å². The molecule has 0 saturated carbocycles. The molecule has 3 aromatic rings. The highest BCUT2D eigenvalue weighted by Gasteiger charge is 2.03. The van der Waals surface area contributed by atoms with Crippen molar-refractivity contribution in [3.8, 4) is 0 Å². The van der Waals surface area contributed by atoms with E-state index in [9.17, 15) is 0 Å². The average Bonchev–Trinajstić information content (AvgIpc) is 2.59. The molecular formula is C13H8N. The molecule has 1 heteroatoms. The largest absolute Gasteiger partial charge is 0.354 e. The highest BCUT2D eigenvalue weighted by atomic mass is 14.7. The van der Waals surface area contributed by atoms with Crippen molar-refractivity contribution >= 4 is 21.8 Å². The van der Waals surface area contributed by atoms with Crippen LogP contribution < -0.4 is 0 Å². The number of para-hydroxylation sites is 2. The minimum atomic E-state index is 0.554. The van der Waals surface area contributed by atoms with E-state index in [4.69, 9.17) is 6.92 Å². The Bertz CT molecular complexity index is 605. The van der Waals surface area contributed by atoms with E-state index >= 15 is 0 Å². The third-order valence-corrected chi connectivity index (χ3v) is 2.54. The average molecular weight is 178 g/mol. The van der Waals surface area contributed by atoms with Crippen molar-refractivity contribution in [2.75, 3.05) is 0 Å². The highest BCUT2D eigenvalue weighted by Crippen LogP contribution is 2.26. The Hall–Kier alpha value is -1.76. The summed E-state index contributed by atoms with van der Waals surface area (Å²) in [6.07, 6.45) is 0. The lowest BCUT2D eigenvalue weighted by molar-refractivity contribution is 1.52. The fourth-order valence-corrected chi connectivity index (χ4v) is 1.87. The first-order valence-corrected chi connectivity index (χ1v) is 4.57. The molecule has 0 bridgehead atoms. The number of hydrogen-bond donors (Lipinski definition) is 1. The zero-order valence-electron chi connectivity index (χ0n) is 7.54. The molecule has 1 heterocycles. The summed E-state index contributed by atoms with van der Waals surface area (Å²) in [6.45, 7) is 7.76. The minimum absolute atomic E-state index is 0.554. The second-order valence-electron chi connectivity index (χ2n) is 3.40. The van der Waals surface area contributed by atoms with Crippen LogP contribution in [0.4, 0.5) is 0 Å². The van der Waals surface area contributed by atoms with Gasteiger partial charge < -0.3 is 4.98 Å². The zero-order valence-corrected chi connectivity index (χ0v) is 7.54. The molecule has 2 aromatic carbocycles. The van der Waals surface area contributed by atoms with E-state index in [2.05, 4.69) is 11.1 Å². The molecule has 0 saturated heterocycles. The number of benzene rings is 2. The smallest absolute Gasteiger partial charge is 0.0504 e. The standard InChI is InChI=1S/C13H8N/c1-9-5-4-7-11-10-6-2-3-8-12(10)14-13(9)11/h2-8,14H. The van der Waals surface area contributed by atoms with Crippen molar-refractivity contribution in [1.82, 2.24) is 4.98 Å². The predicted molar refractivity (Wildman–Crippen MR) is 58.1 cm³/mol. The Morgan fingerprint density at radius 3 is 2.57 bits per heavy atom. The monoisotopic (exact) mass is 178 g/mol. The van der Waals surface area contributed by atoms with Gasteiger partial charge in [-0.2, -0.15) is 0 Å². The molecule has 65 valence electrons. The molecule has 1 nitrogen and oxygen atoms in total. The van der Waals surface area contributed by atoms with Crippen LogP contribution in [0.1, 0.15) is 5.56 Å². The van der Waals surface area contributed by atoms with Crippen LogP contribution in [-0.4, -0.2) is 4.98 Å². The van der Waals surface area contributed by atoms with E-state index in [0.29, 0.717) is 5.56 Å². The fourth-order valence-electron chi connectivity index (χ4n) is 1.87. The second-order valence-corrected chi connectivity index (χ2v) is 3.40. The van der Waals surface area contributed by atoms with Gasteiger partial charge in [0.1, 0.15) is 0 Å². The summed E-state index contributed by atoms with van der Waals surface area (Å²) >= 11 is 0. The number of fused-ring (bicyclic) bond motifs is 3. The maximum absolute atomic E-state index is 7.76. The van der Waals surface area contributed by atoms with Gasteiger partial charge in [-0.1, -0.05) is 36.4 Å². The molecule has 3 radical (unpaired) electrons. The van der Waals surface area contributed by atoms with Gasteiger partial charge in [0.2, 0.25) is 0 Å². The van der Waals surface area contributed by atoms with E-state index < -0.39 is 0 Å². The molecule has 0 aliphatic carbocycles. The van der Waals surface area contributed by atoms with Crippen LogP contribution in [0.25, 0.3) is 21.8 Å². The first kappa shape index (κ1) is 7.63. The van der Waals surface area contributed by atoms with Crippen LogP contribution in [0.2, 0.25) is 0 Å². The lowest BCUT2D eigenvalue weighted by Crippen LogP contribution is -1.73. The van der Waals surface area contributed by atoms with E-state index in [-0.39, 0.29) is 0 Å². The summed E-state index contributed by atoms with van der Waals surface area (Å²) in [7, 11) is 0. The van der Waals surface area contributed by atoms with Crippen molar-refractivity contribution in [2.45, 2.75) is 0 Å². The van der Waals surface area contributed by atoms with Gasteiger partial charge in [0, 0.05) is 23.2 Å². The van der Waals surface area contributed by atoms with Gasteiger partial charge in [0.25, 0.3) is 0 Å². The molecule has 0 spiro atoms. The van der Waals surface area contributed by atoms with Gasteiger partial charge in [-0.25, -0.2) is 0 Å². The molecular weight excluding hydrogens is 170 g/mol. The molecule has 14 heavy (non-hydrogen) atoms. The Morgan fingerprint density at radius 1 is 0.857 bits per heavy atom. The van der Waals surface area contributed by atoms with Gasteiger partial charge in [-0.15, -0.1) is 0 Å². The van der Waals surface area contributed by atoms with E-state index in [1.807, 2.05) is 30.3 Å².